The highest BCUT2D eigenvalue weighted by Gasteiger charge is 2.46. The van der Waals surface area contributed by atoms with Crippen molar-refractivity contribution < 1.29 is 9.59 Å². The third-order valence-electron chi connectivity index (χ3n) is 10.5. The van der Waals surface area contributed by atoms with Gasteiger partial charge in [-0.1, -0.05) is 80.9 Å². The Morgan fingerprint density at radius 2 is 1.02 bits per heavy atom. The first-order chi connectivity index (χ1) is 24.6. The van der Waals surface area contributed by atoms with E-state index in [9.17, 15) is 9.59 Å². The van der Waals surface area contributed by atoms with Gasteiger partial charge in [0, 0.05) is 36.1 Å². The molecule has 0 N–H and O–H groups in total. The van der Waals surface area contributed by atoms with E-state index in [0.717, 1.165) is 66.3 Å². The zero-order chi connectivity index (χ0) is 35.3. The van der Waals surface area contributed by atoms with Crippen LogP contribution in [0, 0.1) is 10.8 Å². The molecule has 0 spiro atoms. The molecule has 0 aliphatic heterocycles. The zero-order valence-electron chi connectivity index (χ0n) is 29.5. The topological polar surface area (TPSA) is 131 Å². The fourth-order valence-electron chi connectivity index (χ4n) is 8.04. The van der Waals surface area contributed by atoms with E-state index in [1.54, 1.807) is 12.4 Å². The lowest BCUT2D eigenvalue weighted by molar-refractivity contribution is 0.0845. The van der Waals surface area contributed by atoms with Gasteiger partial charge in [0.1, 0.15) is 12.1 Å². The van der Waals surface area contributed by atoms with Crippen LogP contribution in [0.3, 0.4) is 0 Å². The van der Waals surface area contributed by atoms with Crippen LogP contribution in [0.1, 0.15) is 115 Å². The van der Waals surface area contributed by atoms with Crippen molar-refractivity contribution in [3.63, 3.8) is 0 Å². The van der Waals surface area contributed by atoms with Crippen molar-refractivity contribution in [1.82, 2.24) is 49.5 Å². The molecule has 51 heavy (non-hydrogen) atoms. The number of carbonyl (C=O) groups is 2. The first-order valence-electron chi connectivity index (χ1n) is 17.8. The van der Waals surface area contributed by atoms with Crippen molar-refractivity contribution in [3.05, 3.63) is 119 Å². The SMILES string of the molecule is CC1(C)CC(=O)c2cnn(-c3ccccc3)c2C1n1cc(CCCCCc2cn(C3c4c(cnn4-c4ccccc4)C(=O)CC3(C)C)nn2)nn1. The molecule has 2 aliphatic rings. The van der Waals surface area contributed by atoms with Crippen LogP contribution in [-0.4, -0.2) is 61.1 Å². The molecular formula is C39H42N10O2. The molecule has 4 heterocycles. The Hall–Kier alpha value is -5.52. The number of carbonyl (C=O) groups excluding carboxylic acids is 2. The van der Waals surface area contributed by atoms with Gasteiger partial charge in [-0.3, -0.25) is 9.59 Å². The number of hydrogen-bond donors (Lipinski definition) is 0. The number of fused-ring (bicyclic) bond motifs is 2. The largest absolute Gasteiger partial charge is 0.294 e. The Kier molecular flexibility index (Phi) is 8.11. The van der Waals surface area contributed by atoms with E-state index >= 15 is 0 Å². The van der Waals surface area contributed by atoms with Crippen LogP contribution >= 0.6 is 0 Å². The fraction of sp³-hybridized carbons (Fsp3) is 0.385. The number of rotatable bonds is 10. The van der Waals surface area contributed by atoms with Gasteiger partial charge in [0.25, 0.3) is 0 Å². The van der Waals surface area contributed by atoms with Crippen LogP contribution in [0.15, 0.2) is 85.5 Å². The van der Waals surface area contributed by atoms with Crippen LogP contribution in [-0.2, 0) is 12.8 Å². The van der Waals surface area contributed by atoms with Gasteiger partial charge in [-0.05, 0) is 49.9 Å². The first-order valence-corrected chi connectivity index (χ1v) is 17.8. The summed E-state index contributed by atoms with van der Waals surface area (Å²) in [4.78, 5) is 26.3. The van der Waals surface area contributed by atoms with Crippen molar-refractivity contribution >= 4 is 11.6 Å². The Morgan fingerprint density at radius 3 is 1.43 bits per heavy atom. The standard InChI is InChI=1S/C39H42N10O2/c1-38(2)20-32(50)30-22-40-48(28-16-10-6-11-17-28)34(30)36(38)46-24-26(42-44-46)14-8-5-9-15-27-25-47(45-43-27)37-35-31(33(51)21-39(37,3)4)23-41-49(35)29-18-12-7-13-19-29/h6-7,10-13,16-19,22-25,36-37H,5,8-9,14-15,20-21H2,1-4H3. The molecule has 2 atom stereocenters. The number of unbranched alkanes of at least 4 members (excludes halogenated alkanes) is 2. The monoisotopic (exact) mass is 682 g/mol. The number of aromatic nitrogens is 10. The number of benzene rings is 2. The summed E-state index contributed by atoms with van der Waals surface area (Å²) >= 11 is 0. The minimum Gasteiger partial charge on any atom is -0.294 e. The molecule has 0 saturated heterocycles. The fourth-order valence-corrected chi connectivity index (χ4v) is 8.04. The lowest BCUT2D eigenvalue weighted by Crippen LogP contribution is -2.37. The summed E-state index contributed by atoms with van der Waals surface area (Å²) in [5.41, 5.74) is 5.97. The van der Waals surface area contributed by atoms with Gasteiger partial charge in [-0.2, -0.15) is 10.2 Å². The van der Waals surface area contributed by atoms with Crippen molar-refractivity contribution in [2.24, 2.45) is 10.8 Å². The van der Waals surface area contributed by atoms with Crippen LogP contribution in [0.5, 0.6) is 0 Å². The molecule has 0 amide bonds. The quantitative estimate of drug-likeness (QED) is 0.148. The van der Waals surface area contributed by atoms with Gasteiger partial charge in [0.2, 0.25) is 0 Å². The van der Waals surface area contributed by atoms with Gasteiger partial charge >= 0.3 is 0 Å². The van der Waals surface area contributed by atoms with Crippen LogP contribution in [0.2, 0.25) is 0 Å². The maximum absolute atomic E-state index is 13.1. The van der Waals surface area contributed by atoms with Gasteiger partial charge in [-0.15, -0.1) is 10.2 Å². The maximum atomic E-state index is 13.1. The number of ketones is 2. The van der Waals surface area contributed by atoms with E-state index in [4.69, 9.17) is 0 Å². The normalized spacial score (nSPS) is 19.2. The third kappa shape index (κ3) is 5.92. The van der Waals surface area contributed by atoms with E-state index in [2.05, 4.69) is 58.5 Å². The molecule has 0 saturated carbocycles. The number of para-hydroxylation sites is 2. The molecule has 260 valence electrons. The summed E-state index contributed by atoms with van der Waals surface area (Å²) in [7, 11) is 0. The average Bonchev–Trinajstić information content (AvgIpc) is 3.92. The van der Waals surface area contributed by atoms with Gasteiger partial charge in [0.15, 0.2) is 11.6 Å². The number of aryl methyl sites for hydroxylation is 2. The Balaban J connectivity index is 0.931. The van der Waals surface area contributed by atoms with E-state index in [1.807, 2.05) is 91.8 Å². The van der Waals surface area contributed by atoms with E-state index < -0.39 is 0 Å². The first kappa shape index (κ1) is 32.7. The van der Waals surface area contributed by atoms with Gasteiger partial charge in [-0.25, -0.2) is 18.7 Å². The molecule has 6 aromatic rings. The second-order valence-corrected chi connectivity index (χ2v) is 15.3. The maximum Gasteiger partial charge on any atom is 0.167 e. The highest BCUT2D eigenvalue weighted by molar-refractivity contribution is 5.99. The van der Waals surface area contributed by atoms with Crippen LogP contribution < -0.4 is 0 Å². The predicted octanol–water partition coefficient (Wildman–Crippen LogP) is 6.60. The van der Waals surface area contributed by atoms with Crippen molar-refractivity contribution in [3.8, 4) is 11.4 Å². The number of nitrogens with zero attached hydrogens (tertiary/aromatic N) is 10. The average molecular weight is 683 g/mol. The molecule has 2 unspecified atom stereocenters. The molecule has 12 heteroatoms. The number of hydrogen-bond acceptors (Lipinski definition) is 8. The van der Waals surface area contributed by atoms with Crippen molar-refractivity contribution in [2.75, 3.05) is 0 Å². The Labute approximate surface area is 296 Å². The molecule has 0 radical (unpaired) electrons. The second-order valence-electron chi connectivity index (χ2n) is 15.3. The van der Waals surface area contributed by atoms with Crippen LogP contribution in [0.4, 0.5) is 0 Å². The number of Topliss-reactive ketones (excluding diaryl/α,β-unsaturated/α-hetero) is 2. The third-order valence-corrected chi connectivity index (χ3v) is 10.5. The summed E-state index contributed by atoms with van der Waals surface area (Å²) in [6, 6.07) is 19.5. The summed E-state index contributed by atoms with van der Waals surface area (Å²) in [6.45, 7) is 8.46. The predicted molar refractivity (Wildman–Crippen MR) is 190 cm³/mol. The summed E-state index contributed by atoms with van der Waals surface area (Å²) in [6.07, 6.45) is 12.8. The molecule has 12 nitrogen and oxygen atoms in total. The van der Waals surface area contributed by atoms with E-state index in [-0.39, 0.29) is 34.5 Å². The van der Waals surface area contributed by atoms with E-state index in [1.165, 1.54) is 0 Å². The van der Waals surface area contributed by atoms with Crippen molar-refractivity contribution in [2.45, 2.75) is 84.7 Å². The minimum absolute atomic E-state index is 0.106. The molecule has 0 fully saturated rings. The van der Waals surface area contributed by atoms with E-state index in [0.29, 0.717) is 24.0 Å². The molecular weight excluding hydrogens is 640 g/mol. The summed E-state index contributed by atoms with van der Waals surface area (Å²) in [5.74, 6) is 0.213. The Bertz CT molecular complexity index is 2050. The summed E-state index contributed by atoms with van der Waals surface area (Å²) in [5, 5.41) is 27.5. The molecule has 2 aromatic carbocycles. The zero-order valence-corrected chi connectivity index (χ0v) is 29.5. The molecule has 0 bridgehead atoms. The smallest absolute Gasteiger partial charge is 0.167 e. The highest BCUT2D eigenvalue weighted by atomic mass is 16.1. The highest BCUT2D eigenvalue weighted by Crippen LogP contribution is 2.47. The van der Waals surface area contributed by atoms with Gasteiger partial charge < -0.3 is 0 Å². The second kappa shape index (κ2) is 12.7. The molecule has 8 rings (SSSR count). The molecule has 2 aliphatic carbocycles. The lowest BCUT2D eigenvalue weighted by Gasteiger charge is -2.37. The minimum atomic E-state index is -0.371. The van der Waals surface area contributed by atoms with Gasteiger partial charge in [0.05, 0.1) is 57.7 Å². The molecule has 4 aromatic heterocycles. The van der Waals surface area contributed by atoms with Crippen molar-refractivity contribution in [1.29, 1.82) is 0 Å². The van der Waals surface area contributed by atoms with Crippen LogP contribution in [0.25, 0.3) is 11.4 Å². The summed E-state index contributed by atoms with van der Waals surface area (Å²) < 4.78 is 7.61. The lowest BCUT2D eigenvalue weighted by atomic mass is 9.72. The Morgan fingerprint density at radius 1 is 0.608 bits per heavy atom.